The van der Waals surface area contributed by atoms with Crippen molar-refractivity contribution in [3.8, 4) is 0 Å². The highest BCUT2D eigenvalue weighted by Crippen LogP contribution is 2.48. The van der Waals surface area contributed by atoms with Gasteiger partial charge in [-0.1, -0.05) is 31.2 Å². The second kappa shape index (κ2) is 4.09. The molecule has 17 heavy (non-hydrogen) atoms. The van der Waals surface area contributed by atoms with Gasteiger partial charge in [0.25, 0.3) is 0 Å². The summed E-state index contributed by atoms with van der Waals surface area (Å²) in [4.78, 5) is 10.9. The molecule has 0 N–H and O–H groups in total. The van der Waals surface area contributed by atoms with Gasteiger partial charge < -0.3 is 4.74 Å². The van der Waals surface area contributed by atoms with Crippen LogP contribution in [0.15, 0.2) is 24.3 Å². The Balaban J connectivity index is 1.85. The minimum absolute atomic E-state index is 0.0270. The van der Waals surface area contributed by atoms with Gasteiger partial charge in [-0.05, 0) is 30.9 Å². The average molecular weight is 234 g/mol. The zero-order valence-electron chi connectivity index (χ0n) is 10.3. The monoisotopic (exact) mass is 234 g/mol. The van der Waals surface area contributed by atoms with Crippen molar-refractivity contribution in [2.75, 3.05) is 6.61 Å². The Labute approximate surface area is 102 Å². The summed E-state index contributed by atoms with van der Waals surface area (Å²) < 4.78 is 5.53. The number of rotatable bonds is 1. The number of ether oxygens (including phenoxy) is 1. The van der Waals surface area contributed by atoms with Crippen LogP contribution in [0.5, 0.6) is 0 Å². The predicted molar refractivity (Wildman–Crippen MR) is 63.2 cm³/mol. The molecule has 0 bridgehead atoms. The summed E-state index contributed by atoms with van der Waals surface area (Å²) in [5.74, 6) is 0. The van der Waals surface area contributed by atoms with Gasteiger partial charge >= 0.3 is 0 Å². The largest absolute Gasteiger partial charge is 0.349 e. The molecule has 2 heterocycles. The quantitative estimate of drug-likeness (QED) is 0.699. The molecule has 3 atom stereocenters. The molecule has 92 valence electrons. The van der Waals surface area contributed by atoms with Crippen LogP contribution in [-0.2, 0) is 14.5 Å². The van der Waals surface area contributed by atoms with Crippen LogP contribution < -0.4 is 0 Å². The van der Waals surface area contributed by atoms with Crippen molar-refractivity contribution in [2.24, 2.45) is 5.41 Å². The summed E-state index contributed by atoms with van der Waals surface area (Å²) in [5.41, 5.74) is 2.56. The molecule has 2 fully saturated rings. The summed E-state index contributed by atoms with van der Waals surface area (Å²) in [6.07, 6.45) is 1.84. The van der Waals surface area contributed by atoms with Gasteiger partial charge in [-0.15, -0.1) is 0 Å². The van der Waals surface area contributed by atoms with Gasteiger partial charge in [0.05, 0.1) is 6.61 Å². The topological polar surface area (TPSA) is 27.7 Å². The highest BCUT2D eigenvalue weighted by atomic mass is 17.2. The van der Waals surface area contributed by atoms with Gasteiger partial charge in [-0.2, -0.15) is 0 Å². The van der Waals surface area contributed by atoms with Crippen molar-refractivity contribution in [1.82, 2.24) is 0 Å². The molecule has 0 saturated carbocycles. The van der Waals surface area contributed by atoms with E-state index in [2.05, 4.69) is 26.0 Å². The summed E-state index contributed by atoms with van der Waals surface area (Å²) >= 11 is 0. The van der Waals surface area contributed by atoms with E-state index in [-0.39, 0.29) is 17.8 Å². The standard InChI is InChI=1S/C14H18O3/c1-10-5-3-4-6-11(10)12-9-14(2)7-8-15-13(14)17-16-12/h3-6,12-13H,7-9H2,1-2H3/t12-,13-,14+/m1/s1. The smallest absolute Gasteiger partial charge is 0.196 e. The Morgan fingerprint density at radius 2 is 2.06 bits per heavy atom. The molecule has 3 nitrogen and oxygen atoms in total. The van der Waals surface area contributed by atoms with E-state index >= 15 is 0 Å². The number of aryl methyl sites for hydroxylation is 1. The van der Waals surface area contributed by atoms with Gasteiger partial charge in [-0.25, -0.2) is 9.78 Å². The molecule has 0 radical (unpaired) electrons. The molecule has 1 aromatic rings. The van der Waals surface area contributed by atoms with E-state index in [1.54, 1.807) is 0 Å². The lowest BCUT2D eigenvalue weighted by atomic mass is 9.80. The van der Waals surface area contributed by atoms with Crippen LogP contribution in [0.2, 0.25) is 0 Å². The molecule has 0 aromatic heterocycles. The van der Waals surface area contributed by atoms with Crippen molar-refractivity contribution in [3.05, 3.63) is 35.4 Å². The lowest BCUT2D eigenvalue weighted by Crippen LogP contribution is -2.37. The van der Waals surface area contributed by atoms with Crippen LogP contribution in [0.1, 0.15) is 37.0 Å². The first-order valence-electron chi connectivity index (χ1n) is 6.18. The van der Waals surface area contributed by atoms with Crippen LogP contribution in [0.4, 0.5) is 0 Å². The number of hydrogen-bond donors (Lipinski definition) is 0. The molecular formula is C14H18O3. The molecule has 1 aromatic carbocycles. The van der Waals surface area contributed by atoms with Crippen molar-refractivity contribution in [1.29, 1.82) is 0 Å². The summed E-state index contributed by atoms with van der Waals surface area (Å²) in [6.45, 7) is 5.10. The lowest BCUT2D eigenvalue weighted by Gasteiger charge is -2.38. The third-order valence-electron chi connectivity index (χ3n) is 3.96. The van der Waals surface area contributed by atoms with Gasteiger partial charge in [0.2, 0.25) is 0 Å². The van der Waals surface area contributed by atoms with E-state index in [1.807, 2.05) is 12.1 Å². The molecule has 2 saturated heterocycles. The van der Waals surface area contributed by atoms with Gasteiger partial charge in [0.15, 0.2) is 6.29 Å². The van der Waals surface area contributed by atoms with Gasteiger partial charge in [-0.3, -0.25) is 0 Å². The Kier molecular flexibility index (Phi) is 2.69. The number of fused-ring (bicyclic) bond motifs is 1. The summed E-state index contributed by atoms with van der Waals surface area (Å²) in [7, 11) is 0. The SMILES string of the molecule is Cc1ccccc1[C@H]1C[C@]2(C)CCO[C@@H]2OO1. The average Bonchev–Trinajstić information content (AvgIpc) is 2.70. The maximum Gasteiger partial charge on any atom is 0.196 e. The first kappa shape index (κ1) is 11.2. The zero-order chi connectivity index (χ0) is 11.9. The van der Waals surface area contributed by atoms with E-state index in [1.165, 1.54) is 11.1 Å². The highest BCUT2D eigenvalue weighted by molar-refractivity contribution is 5.28. The van der Waals surface area contributed by atoms with E-state index in [9.17, 15) is 0 Å². The maximum atomic E-state index is 5.53. The summed E-state index contributed by atoms with van der Waals surface area (Å²) in [5, 5.41) is 0. The second-order valence-electron chi connectivity index (χ2n) is 5.35. The lowest BCUT2D eigenvalue weighted by molar-refractivity contribution is -0.439. The second-order valence-corrected chi connectivity index (χ2v) is 5.35. The Morgan fingerprint density at radius 1 is 1.24 bits per heavy atom. The van der Waals surface area contributed by atoms with E-state index in [4.69, 9.17) is 14.5 Å². The van der Waals surface area contributed by atoms with Crippen LogP contribution >= 0.6 is 0 Å². The fraction of sp³-hybridized carbons (Fsp3) is 0.571. The molecule has 0 spiro atoms. The highest BCUT2D eigenvalue weighted by Gasteiger charge is 2.47. The van der Waals surface area contributed by atoms with E-state index in [0.717, 1.165) is 19.4 Å². The third kappa shape index (κ3) is 1.88. The van der Waals surface area contributed by atoms with Gasteiger partial charge in [0, 0.05) is 5.41 Å². The molecule has 0 unspecified atom stereocenters. The Hall–Kier alpha value is -0.900. The molecule has 3 heteroatoms. The number of benzene rings is 1. The first-order chi connectivity index (χ1) is 8.19. The van der Waals surface area contributed by atoms with Crippen LogP contribution in [-0.4, -0.2) is 12.9 Å². The zero-order valence-corrected chi connectivity index (χ0v) is 10.3. The normalized spacial score (nSPS) is 36.8. The van der Waals surface area contributed by atoms with Crippen LogP contribution in [0.3, 0.4) is 0 Å². The number of hydrogen-bond acceptors (Lipinski definition) is 3. The Bertz CT molecular complexity index is 418. The predicted octanol–water partition coefficient (Wildman–Crippen LogP) is 3.14. The first-order valence-corrected chi connectivity index (χ1v) is 6.18. The van der Waals surface area contributed by atoms with Crippen molar-refractivity contribution in [2.45, 2.75) is 39.1 Å². The van der Waals surface area contributed by atoms with Crippen molar-refractivity contribution >= 4 is 0 Å². The van der Waals surface area contributed by atoms with Crippen molar-refractivity contribution in [3.63, 3.8) is 0 Å². The molecule has 2 aliphatic heterocycles. The van der Waals surface area contributed by atoms with E-state index < -0.39 is 0 Å². The molecule has 0 aliphatic carbocycles. The van der Waals surface area contributed by atoms with Crippen LogP contribution in [0, 0.1) is 12.3 Å². The fourth-order valence-corrected chi connectivity index (χ4v) is 2.75. The van der Waals surface area contributed by atoms with Gasteiger partial charge in [0.1, 0.15) is 6.10 Å². The maximum absolute atomic E-state index is 5.53. The molecular weight excluding hydrogens is 216 g/mol. The molecule has 0 amide bonds. The summed E-state index contributed by atoms with van der Waals surface area (Å²) in [6, 6.07) is 8.32. The van der Waals surface area contributed by atoms with Crippen LogP contribution in [0.25, 0.3) is 0 Å². The minimum atomic E-state index is -0.192. The molecule has 2 aliphatic rings. The Morgan fingerprint density at radius 3 is 2.88 bits per heavy atom. The molecule has 3 rings (SSSR count). The fourth-order valence-electron chi connectivity index (χ4n) is 2.75. The van der Waals surface area contributed by atoms with E-state index in [0.29, 0.717) is 0 Å². The third-order valence-corrected chi connectivity index (χ3v) is 3.96. The minimum Gasteiger partial charge on any atom is -0.349 e. The van der Waals surface area contributed by atoms with Crippen molar-refractivity contribution < 1.29 is 14.5 Å².